The van der Waals surface area contributed by atoms with Gasteiger partial charge in [0.05, 0.1) is 0 Å². The second-order valence-electron chi connectivity index (χ2n) is 3.83. The number of aromatic amines is 1. The number of para-hydroxylation sites is 1. The minimum absolute atomic E-state index is 0.659. The summed E-state index contributed by atoms with van der Waals surface area (Å²) >= 11 is 12.2. The molecule has 1 aromatic carbocycles. The summed E-state index contributed by atoms with van der Waals surface area (Å²) in [7, 11) is 0. The fourth-order valence-corrected chi connectivity index (χ4v) is 2.45. The van der Waals surface area contributed by atoms with E-state index in [-0.39, 0.29) is 0 Å². The summed E-state index contributed by atoms with van der Waals surface area (Å²) in [6.45, 7) is 0. The van der Waals surface area contributed by atoms with Crippen LogP contribution in [-0.4, -0.2) is 9.32 Å². The van der Waals surface area contributed by atoms with Crippen LogP contribution in [0.3, 0.4) is 0 Å². The highest BCUT2D eigenvalue weighted by atomic mass is 35.5. The molecule has 0 radical (unpaired) electrons. The van der Waals surface area contributed by atoms with Crippen LogP contribution in [0.5, 0.6) is 0 Å². The molecule has 1 heterocycles. The van der Waals surface area contributed by atoms with Gasteiger partial charge in [0.2, 0.25) is 0 Å². The van der Waals surface area contributed by atoms with Gasteiger partial charge in [-0.1, -0.05) is 41.4 Å². The average Bonchev–Trinajstić information content (AvgIpc) is 2.55. The van der Waals surface area contributed by atoms with Gasteiger partial charge >= 0.3 is 0 Å². The minimum atomic E-state index is -0.766. The van der Waals surface area contributed by atoms with E-state index in [1.807, 2.05) is 24.3 Å². The van der Waals surface area contributed by atoms with E-state index < -0.39 is 4.33 Å². The zero-order valence-electron chi connectivity index (χ0n) is 7.93. The van der Waals surface area contributed by atoms with Crippen molar-refractivity contribution in [2.75, 3.05) is 0 Å². The van der Waals surface area contributed by atoms with Gasteiger partial charge in [0.15, 0.2) is 0 Å². The van der Waals surface area contributed by atoms with Crippen molar-refractivity contribution in [3.63, 3.8) is 0 Å². The smallest absolute Gasteiger partial charge is 0.140 e. The predicted molar refractivity (Wildman–Crippen MR) is 65.5 cm³/mol. The second kappa shape index (κ2) is 3.03. The number of fused-ring (bicyclic) bond motifs is 3. The quantitative estimate of drug-likeness (QED) is 0.669. The molecule has 0 unspecified atom stereocenters. The van der Waals surface area contributed by atoms with Gasteiger partial charge in [0, 0.05) is 23.0 Å². The molecule has 1 aromatic heterocycles. The third kappa shape index (κ3) is 1.47. The van der Waals surface area contributed by atoms with Crippen LogP contribution in [-0.2, 0) is 6.42 Å². The molecular weight excluding hydrogens is 229 g/mol. The summed E-state index contributed by atoms with van der Waals surface area (Å²) in [5, 5.41) is 1.21. The number of alkyl halides is 2. The maximum absolute atomic E-state index is 6.12. The van der Waals surface area contributed by atoms with Crippen molar-refractivity contribution in [1.82, 2.24) is 4.98 Å². The van der Waals surface area contributed by atoms with Gasteiger partial charge in [0.25, 0.3) is 0 Å². The number of rotatable bonds is 0. The SMILES string of the molecule is ClC1(Cl)C=Cc2[nH]c3ccccc3c2C1. The monoisotopic (exact) mass is 237 g/mol. The lowest BCUT2D eigenvalue weighted by molar-refractivity contribution is 0.927. The van der Waals surface area contributed by atoms with Crippen molar-refractivity contribution in [3.05, 3.63) is 41.6 Å². The lowest BCUT2D eigenvalue weighted by Crippen LogP contribution is -2.16. The number of nitrogens with one attached hydrogen (secondary N) is 1. The zero-order chi connectivity index (χ0) is 10.5. The van der Waals surface area contributed by atoms with Gasteiger partial charge in [-0.3, -0.25) is 0 Å². The van der Waals surface area contributed by atoms with E-state index >= 15 is 0 Å². The van der Waals surface area contributed by atoms with Crippen LogP contribution in [0.4, 0.5) is 0 Å². The number of H-pyrrole nitrogens is 1. The minimum Gasteiger partial charge on any atom is -0.355 e. The van der Waals surface area contributed by atoms with Crippen molar-refractivity contribution >= 4 is 40.2 Å². The van der Waals surface area contributed by atoms with E-state index in [1.165, 1.54) is 10.9 Å². The lowest BCUT2D eigenvalue weighted by Gasteiger charge is -2.19. The molecule has 2 aromatic rings. The maximum Gasteiger partial charge on any atom is 0.140 e. The maximum atomic E-state index is 6.12. The molecule has 0 aliphatic heterocycles. The van der Waals surface area contributed by atoms with Crippen LogP contribution in [0.15, 0.2) is 30.3 Å². The first-order valence-corrected chi connectivity index (χ1v) is 5.58. The number of allylic oxidation sites excluding steroid dienone is 1. The Balaban J connectivity index is 2.29. The second-order valence-corrected chi connectivity index (χ2v) is 5.38. The van der Waals surface area contributed by atoms with Gasteiger partial charge in [-0.2, -0.15) is 0 Å². The Kier molecular flexibility index (Phi) is 1.88. The van der Waals surface area contributed by atoms with E-state index in [0.717, 1.165) is 11.2 Å². The van der Waals surface area contributed by atoms with Crippen LogP contribution < -0.4 is 0 Å². The first kappa shape index (κ1) is 9.32. The standard InChI is InChI=1S/C12H9Cl2N/c13-12(14)6-5-11-9(7-12)8-3-1-2-4-10(8)15-11/h1-6,15H,7H2. The van der Waals surface area contributed by atoms with E-state index in [0.29, 0.717) is 6.42 Å². The molecule has 3 rings (SSSR count). The molecule has 0 fully saturated rings. The van der Waals surface area contributed by atoms with Gasteiger partial charge in [-0.05, 0) is 23.8 Å². The molecular formula is C12H9Cl2N. The van der Waals surface area contributed by atoms with Gasteiger partial charge in [-0.15, -0.1) is 0 Å². The third-order valence-corrected chi connectivity index (χ3v) is 3.27. The molecule has 1 aliphatic carbocycles. The third-order valence-electron chi connectivity index (χ3n) is 2.75. The zero-order valence-corrected chi connectivity index (χ0v) is 9.44. The summed E-state index contributed by atoms with van der Waals surface area (Å²) in [6.07, 6.45) is 4.44. The molecule has 76 valence electrons. The lowest BCUT2D eigenvalue weighted by atomic mass is 10.0. The molecule has 0 saturated heterocycles. The van der Waals surface area contributed by atoms with Crippen LogP contribution in [0, 0.1) is 0 Å². The molecule has 0 amide bonds. The largest absolute Gasteiger partial charge is 0.355 e. The number of aromatic nitrogens is 1. The molecule has 1 aliphatic rings. The Morgan fingerprint density at radius 1 is 1.20 bits per heavy atom. The summed E-state index contributed by atoms with van der Waals surface area (Å²) < 4.78 is -0.766. The first-order chi connectivity index (χ1) is 7.16. The summed E-state index contributed by atoms with van der Waals surface area (Å²) in [4.78, 5) is 3.35. The molecule has 0 spiro atoms. The van der Waals surface area contributed by atoms with E-state index in [2.05, 4.69) is 17.1 Å². The molecule has 0 atom stereocenters. The number of hydrogen-bond acceptors (Lipinski definition) is 0. The van der Waals surface area contributed by atoms with Gasteiger partial charge in [0.1, 0.15) is 4.33 Å². The Bertz CT molecular complexity index is 552. The highest BCUT2D eigenvalue weighted by Crippen LogP contribution is 2.37. The topological polar surface area (TPSA) is 15.8 Å². The van der Waals surface area contributed by atoms with Crippen LogP contribution in [0.2, 0.25) is 0 Å². The van der Waals surface area contributed by atoms with E-state index in [9.17, 15) is 0 Å². The Morgan fingerprint density at radius 3 is 2.87 bits per heavy atom. The number of halogens is 2. The van der Waals surface area contributed by atoms with Crippen molar-refractivity contribution in [2.24, 2.45) is 0 Å². The predicted octanol–water partition coefficient (Wildman–Crippen LogP) is 3.91. The molecule has 1 N–H and O–H groups in total. The van der Waals surface area contributed by atoms with Crippen molar-refractivity contribution in [1.29, 1.82) is 0 Å². The number of hydrogen-bond donors (Lipinski definition) is 1. The van der Waals surface area contributed by atoms with Crippen molar-refractivity contribution < 1.29 is 0 Å². The Labute approximate surface area is 97.7 Å². The van der Waals surface area contributed by atoms with E-state index in [4.69, 9.17) is 23.2 Å². The van der Waals surface area contributed by atoms with Crippen molar-refractivity contribution in [3.8, 4) is 0 Å². The molecule has 1 nitrogen and oxygen atoms in total. The summed E-state index contributed by atoms with van der Waals surface area (Å²) in [5.74, 6) is 0. The fraction of sp³-hybridized carbons (Fsp3) is 0.167. The highest BCUT2D eigenvalue weighted by molar-refractivity contribution is 6.50. The number of benzene rings is 1. The molecule has 0 saturated carbocycles. The molecule has 15 heavy (non-hydrogen) atoms. The molecule has 3 heteroatoms. The first-order valence-electron chi connectivity index (χ1n) is 4.82. The van der Waals surface area contributed by atoms with E-state index in [1.54, 1.807) is 0 Å². The Morgan fingerprint density at radius 2 is 2.00 bits per heavy atom. The van der Waals surface area contributed by atoms with Crippen LogP contribution >= 0.6 is 23.2 Å². The fourth-order valence-electron chi connectivity index (χ4n) is 2.05. The molecule has 0 bridgehead atoms. The normalized spacial score (nSPS) is 18.0. The average molecular weight is 238 g/mol. The summed E-state index contributed by atoms with van der Waals surface area (Å²) in [6, 6.07) is 8.20. The van der Waals surface area contributed by atoms with Crippen LogP contribution in [0.1, 0.15) is 11.3 Å². The highest BCUT2D eigenvalue weighted by Gasteiger charge is 2.27. The Hall–Kier alpha value is -0.920. The van der Waals surface area contributed by atoms with Crippen molar-refractivity contribution in [2.45, 2.75) is 10.8 Å². The van der Waals surface area contributed by atoms with Gasteiger partial charge < -0.3 is 4.98 Å². The van der Waals surface area contributed by atoms with Gasteiger partial charge in [-0.25, -0.2) is 0 Å². The summed E-state index contributed by atoms with van der Waals surface area (Å²) in [5.41, 5.74) is 3.46. The van der Waals surface area contributed by atoms with Crippen LogP contribution in [0.25, 0.3) is 17.0 Å².